The van der Waals surface area contributed by atoms with Gasteiger partial charge in [-0.15, -0.1) is 0 Å². The van der Waals surface area contributed by atoms with E-state index < -0.39 is 35.5 Å². The highest BCUT2D eigenvalue weighted by molar-refractivity contribution is 6.24. The number of amides is 4. The number of carbonyl (C=O) groups excluding carboxylic acids is 4. The molecule has 2 heterocycles. The normalized spacial score (nSPS) is 26.5. The van der Waals surface area contributed by atoms with E-state index in [-0.39, 0.29) is 35.8 Å². The fraction of sp³-hybridized carbons (Fsp3) is 0.231. The first kappa shape index (κ1) is 28.9. The number of hydrogen-bond donors (Lipinski definition) is 1. The Balaban J connectivity index is 1.19. The monoisotopic (exact) mass is 624 g/mol. The maximum absolute atomic E-state index is 14.3. The van der Waals surface area contributed by atoms with Gasteiger partial charge in [-0.25, -0.2) is 0 Å². The third-order valence-corrected chi connectivity index (χ3v) is 10.3. The van der Waals surface area contributed by atoms with E-state index >= 15 is 0 Å². The predicted octanol–water partition coefficient (Wildman–Crippen LogP) is 6.02. The summed E-state index contributed by atoms with van der Waals surface area (Å²) < 4.78 is 5.97. The molecule has 3 fully saturated rings. The number of rotatable bonds is 6. The quantitative estimate of drug-likeness (QED) is 0.208. The first-order valence-corrected chi connectivity index (χ1v) is 16.0. The molecule has 8 nitrogen and oxygen atoms in total. The Hall–Kier alpha value is -5.50. The molecular weight excluding hydrogens is 592 g/mol. The number of aromatic hydroxyl groups is 1. The highest BCUT2D eigenvalue weighted by Gasteiger charge is 2.62. The number of para-hydroxylation sites is 2. The van der Waals surface area contributed by atoms with Gasteiger partial charge in [0.15, 0.2) is 0 Å². The average Bonchev–Trinajstić information content (AvgIpc) is 3.51. The molecule has 6 atom stereocenters. The zero-order valence-electron chi connectivity index (χ0n) is 25.4. The van der Waals surface area contributed by atoms with Crippen molar-refractivity contribution in [1.82, 2.24) is 0 Å². The number of fused-ring (bicyclic) bond motifs is 4. The number of anilines is 2. The summed E-state index contributed by atoms with van der Waals surface area (Å²) in [5.41, 5.74) is 3.31. The van der Waals surface area contributed by atoms with E-state index in [4.69, 9.17) is 4.74 Å². The summed E-state index contributed by atoms with van der Waals surface area (Å²) >= 11 is 0. The van der Waals surface area contributed by atoms with Crippen molar-refractivity contribution in [3.05, 3.63) is 132 Å². The second-order valence-corrected chi connectivity index (χ2v) is 12.7. The Kier molecular flexibility index (Phi) is 7.01. The van der Waals surface area contributed by atoms with Crippen LogP contribution >= 0.6 is 0 Å². The Bertz CT molecular complexity index is 1930. The SMILES string of the molecule is O=C1[C@H]2[C@H](CC=C3[C@H]2C[C@H]2C(=O)N(c4ccccc4)C(=O)[C@H]2[C@H]3c2ccc(OCc3ccccc3)cc2O)C(=O)N1c1ccccc1. The predicted molar refractivity (Wildman–Crippen MR) is 174 cm³/mol. The lowest BCUT2D eigenvalue weighted by atomic mass is 9.57. The zero-order valence-corrected chi connectivity index (χ0v) is 25.4. The minimum Gasteiger partial charge on any atom is -0.508 e. The van der Waals surface area contributed by atoms with Crippen LogP contribution in [0.1, 0.15) is 29.9 Å². The van der Waals surface area contributed by atoms with Gasteiger partial charge in [-0.1, -0.05) is 84.4 Å². The van der Waals surface area contributed by atoms with Crippen molar-refractivity contribution in [2.75, 3.05) is 9.80 Å². The van der Waals surface area contributed by atoms with E-state index in [9.17, 15) is 24.3 Å². The van der Waals surface area contributed by atoms with Gasteiger partial charge in [0.05, 0.1) is 35.0 Å². The molecule has 8 heteroatoms. The number of ether oxygens (including phenoxy) is 1. The van der Waals surface area contributed by atoms with Gasteiger partial charge in [0.1, 0.15) is 18.1 Å². The van der Waals surface area contributed by atoms with Crippen LogP contribution in [0, 0.1) is 29.6 Å². The second kappa shape index (κ2) is 11.4. The van der Waals surface area contributed by atoms with Gasteiger partial charge in [0.2, 0.25) is 23.6 Å². The summed E-state index contributed by atoms with van der Waals surface area (Å²) in [5, 5.41) is 11.5. The molecule has 2 aliphatic heterocycles. The molecule has 4 amide bonds. The molecule has 0 radical (unpaired) electrons. The number of nitrogens with zero attached hydrogens (tertiary/aromatic N) is 2. The van der Waals surface area contributed by atoms with Crippen molar-refractivity contribution >= 4 is 35.0 Å². The van der Waals surface area contributed by atoms with Crippen molar-refractivity contribution in [2.24, 2.45) is 29.6 Å². The molecule has 4 aromatic carbocycles. The van der Waals surface area contributed by atoms with Crippen LogP contribution in [0.2, 0.25) is 0 Å². The molecule has 4 aromatic rings. The fourth-order valence-electron chi connectivity index (χ4n) is 8.22. The van der Waals surface area contributed by atoms with Crippen LogP contribution < -0.4 is 14.5 Å². The average molecular weight is 625 g/mol. The zero-order chi connectivity index (χ0) is 32.2. The van der Waals surface area contributed by atoms with Crippen molar-refractivity contribution in [3.8, 4) is 11.5 Å². The van der Waals surface area contributed by atoms with Gasteiger partial charge < -0.3 is 9.84 Å². The molecule has 0 spiro atoms. The minimum absolute atomic E-state index is 0.0545. The van der Waals surface area contributed by atoms with Crippen LogP contribution in [0.25, 0.3) is 0 Å². The van der Waals surface area contributed by atoms with Gasteiger partial charge in [-0.3, -0.25) is 29.0 Å². The molecule has 47 heavy (non-hydrogen) atoms. The second-order valence-electron chi connectivity index (χ2n) is 12.7. The Morgan fingerprint density at radius 2 is 1.21 bits per heavy atom. The topological polar surface area (TPSA) is 104 Å². The molecule has 2 aliphatic carbocycles. The molecule has 234 valence electrons. The summed E-state index contributed by atoms with van der Waals surface area (Å²) in [4.78, 5) is 58.8. The molecular formula is C39H32N2O6. The lowest BCUT2D eigenvalue weighted by molar-refractivity contribution is -0.126. The molecule has 4 aliphatic rings. The van der Waals surface area contributed by atoms with Crippen LogP contribution in [0.4, 0.5) is 11.4 Å². The number of imide groups is 2. The largest absolute Gasteiger partial charge is 0.508 e. The van der Waals surface area contributed by atoms with E-state index in [1.54, 1.807) is 66.7 Å². The molecule has 0 unspecified atom stereocenters. The third kappa shape index (κ3) is 4.66. The summed E-state index contributed by atoms with van der Waals surface area (Å²) in [6.07, 6.45) is 2.58. The number of hydrogen-bond acceptors (Lipinski definition) is 6. The molecule has 1 saturated carbocycles. The summed E-state index contributed by atoms with van der Waals surface area (Å²) in [7, 11) is 0. The van der Waals surface area contributed by atoms with Gasteiger partial charge in [-0.2, -0.15) is 0 Å². The fourth-order valence-corrected chi connectivity index (χ4v) is 8.22. The molecule has 2 saturated heterocycles. The standard InChI is InChI=1S/C39H32N2O6/c42-32-20-26(47-22-23-10-4-1-5-11-23)16-17-28(32)33-27-18-19-29-34(38(45)40(36(29)43)24-12-6-2-7-13-24)30(27)21-31-35(33)39(46)41(37(31)44)25-14-8-3-9-15-25/h1-18,20,29-31,33-35,42H,19,21-22H2/t29-,30+,31+,33+,34-,35+/m0/s1. The van der Waals surface area contributed by atoms with E-state index in [1.807, 2.05) is 48.5 Å². The maximum Gasteiger partial charge on any atom is 0.238 e. The lowest BCUT2D eigenvalue weighted by Crippen LogP contribution is -2.43. The Morgan fingerprint density at radius 3 is 1.83 bits per heavy atom. The number of carbonyl (C=O) groups is 4. The van der Waals surface area contributed by atoms with Crippen molar-refractivity contribution in [3.63, 3.8) is 0 Å². The van der Waals surface area contributed by atoms with Gasteiger partial charge >= 0.3 is 0 Å². The third-order valence-electron chi connectivity index (χ3n) is 10.3. The smallest absolute Gasteiger partial charge is 0.238 e. The first-order valence-electron chi connectivity index (χ1n) is 16.0. The number of allylic oxidation sites excluding steroid dienone is 2. The van der Waals surface area contributed by atoms with E-state index in [1.165, 1.54) is 9.80 Å². The van der Waals surface area contributed by atoms with Crippen LogP contribution in [-0.2, 0) is 25.8 Å². The lowest BCUT2D eigenvalue weighted by Gasteiger charge is -2.44. The molecule has 1 N–H and O–H groups in total. The number of phenols is 1. The Labute approximate surface area is 271 Å². The summed E-state index contributed by atoms with van der Waals surface area (Å²) in [5.74, 6) is -4.63. The van der Waals surface area contributed by atoms with Crippen LogP contribution in [-0.4, -0.2) is 28.7 Å². The van der Waals surface area contributed by atoms with E-state index in [0.717, 1.165) is 11.1 Å². The number of benzene rings is 4. The highest BCUT2D eigenvalue weighted by atomic mass is 16.5. The minimum atomic E-state index is -0.777. The summed E-state index contributed by atoms with van der Waals surface area (Å²) in [6.45, 7) is 0.317. The van der Waals surface area contributed by atoms with Crippen molar-refractivity contribution in [1.29, 1.82) is 0 Å². The van der Waals surface area contributed by atoms with Gasteiger partial charge in [-0.05, 0) is 54.7 Å². The maximum atomic E-state index is 14.3. The van der Waals surface area contributed by atoms with Crippen LogP contribution in [0.15, 0.2) is 121 Å². The number of phenolic OH excluding ortho intramolecular Hbond substituents is 1. The van der Waals surface area contributed by atoms with Gasteiger partial charge in [0.25, 0.3) is 0 Å². The van der Waals surface area contributed by atoms with E-state index in [0.29, 0.717) is 35.7 Å². The molecule has 0 bridgehead atoms. The summed E-state index contributed by atoms with van der Waals surface area (Å²) in [6, 6.07) is 32.5. The van der Waals surface area contributed by atoms with Gasteiger partial charge in [0, 0.05) is 17.5 Å². The van der Waals surface area contributed by atoms with E-state index in [2.05, 4.69) is 0 Å². The van der Waals surface area contributed by atoms with Crippen LogP contribution in [0.3, 0.4) is 0 Å². The molecule has 8 rings (SSSR count). The highest BCUT2D eigenvalue weighted by Crippen LogP contribution is 2.59. The first-order chi connectivity index (χ1) is 22.9. The Morgan fingerprint density at radius 1 is 0.638 bits per heavy atom. The van der Waals surface area contributed by atoms with Crippen molar-refractivity contribution < 1.29 is 29.0 Å². The van der Waals surface area contributed by atoms with Crippen molar-refractivity contribution in [2.45, 2.75) is 25.4 Å². The van der Waals surface area contributed by atoms with Crippen LogP contribution in [0.5, 0.6) is 11.5 Å². The molecule has 0 aromatic heterocycles.